The number of hydrogen-bond donors (Lipinski definition) is 0. The molecule has 214 valence electrons. The Morgan fingerprint density at radius 3 is 1.78 bits per heavy atom. The van der Waals surface area contributed by atoms with Crippen LogP contribution in [0.15, 0.2) is 0 Å². The average molecular weight is 517 g/mol. The number of unbranched alkanes of at least 4 members (excludes halogenated alkanes) is 8. The Morgan fingerprint density at radius 2 is 1.22 bits per heavy atom. The summed E-state index contributed by atoms with van der Waals surface area (Å²) in [4.78, 5) is 26.0. The van der Waals surface area contributed by atoms with Gasteiger partial charge >= 0.3 is 5.97 Å². The van der Waals surface area contributed by atoms with Gasteiger partial charge in [-0.3, -0.25) is 9.59 Å². The van der Waals surface area contributed by atoms with Crippen LogP contribution in [0.1, 0.15) is 162 Å². The van der Waals surface area contributed by atoms with Crippen molar-refractivity contribution in [3.63, 3.8) is 0 Å². The SMILES string of the molecule is CCCCCCCOC(=O)[C@@]1(C)CCC(C2CCC(C3CCC(CCCCCCC)CC3)CC2)CC1=O. The summed E-state index contributed by atoms with van der Waals surface area (Å²) in [7, 11) is 0. The summed E-state index contributed by atoms with van der Waals surface area (Å²) in [5, 5.41) is 0. The summed E-state index contributed by atoms with van der Waals surface area (Å²) in [6, 6.07) is 0. The van der Waals surface area contributed by atoms with Gasteiger partial charge in [0.25, 0.3) is 0 Å². The number of rotatable bonds is 15. The van der Waals surface area contributed by atoms with Crippen LogP contribution in [0.2, 0.25) is 0 Å². The second-order valence-corrected chi connectivity index (χ2v) is 13.5. The predicted octanol–water partition coefficient (Wildman–Crippen LogP) is 9.85. The third-order valence-corrected chi connectivity index (χ3v) is 10.8. The van der Waals surface area contributed by atoms with Crippen molar-refractivity contribution >= 4 is 11.8 Å². The van der Waals surface area contributed by atoms with E-state index in [0.29, 0.717) is 31.3 Å². The zero-order valence-corrected chi connectivity index (χ0v) is 24.9. The molecule has 2 atom stereocenters. The molecule has 1 unspecified atom stereocenters. The van der Waals surface area contributed by atoms with E-state index < -0.39 is 5.41 Å². The lowest BCUT2D eigenvalue weighted by molar-refractivity contribution is -0.162. The Labute approximate surface area is 229 Å². The van der Waals surface area contributed by atoms with Crippen molar-refractivity contribution in [3.05, 3.63) is 0 Å². The van der Waals surface area contributed by atoms with E-state index in [1.165, 1.54) is 109 Å². The molecule has 3 saturated carbocycles. The first-order valence-corrected chi connectivity index (χ1v) is 16.7. The van der Waals surface area contributed by atoms with E-state index in [9.17, 15) is 9.59 Å². The lowest BCUT2D eigenvalue weighted by Gasteiger charge is -2.42. The van der Waals surface area contributed by atoms with Crippen molar-refractivity contribution < 1.29 is 14.3 Å². The number of carbonyl (C=O) groups is 2. The van der Waals surface area contributed by atoms with Crippen molar-refractivity contribution in [2.45, 2.75) is 162 Å². The van der Waals surface area contributed by atoms with Crippen molar-refractivity contribution in [3.8, 4) is 0 Å². The second-order valence-electron chi connectivity index (χ2n) is 13.5. The van der Waals surface area contributed by atoms with Gasteiger partial charge < -0.3 is 4.74 Å². The monoisotopic (exact) mass is 516 g/mol. The van der Waals surface area contributed by atoms with Gasteiger partial charge in [-0.15, -0.1) is 0 Å². The Balaban J connectivity index is 1.32. The fourth-order valence-electron chi connectivity index (χ4n) is 7.90. The first-order chi connectivity index (χ1) is 18.0. The van der Waals surface area contributed by atoms with E-state index in [2.05, 4.69) is 13.8 Å². The van der Waals surface area contributed by atoms with Crippen LogP contribution in [0.3, 0.4) is 0 Å². The highest BCUT2D eigenvalue weighted by atomic mass is 16.5. The molecule has 0 heterocycles. The zero-order chi connectivity index (χ0) is 26.5. The van der Waals surface area contributed by atoms with E-state index in [4.69, 9.17) is 4.74 Å². The van der Waals surface area contributed by atoms with Crippen LogP contribution in [0.25, 0.3) is 0 Å². The summed E-state index contributed by atoms with van der Waals surface area (Å²) in [5.74, 6) is 3.97. The molecule has 0 N–H and O–H groups in total. The molecule has 0 amide bonds. The molecule has 3 nitrogen and oxygen atoms in total. The van der Waals surface area contributed by atoms with Crippen LogP contribution < -0.4 is 0 Å². The fraction of sp³-hybridized carbons (Fsp3) is 0.941. The number of carbonyl (C=O) groups excluding carboxylic acids is 2. The molecule has 0 saturated heterocycles. The maximum Gasteiger partial charge on any atom is 0.319 e. The van der Waals surface area contributed by atoms with Crippen molar-refractivity contribution in [1.82, 2.24) is 0 Å². The van der Waals surface area contributed by atoms with Crippen molar-refractivity contribution in [2.75, 3.05) is 6.61 Å². The quantitative estimate of drug-likeness (QED) is 0.124. The highest BCUT2D eigenvalue weighted by Gasteiger charge is 2.47. The van der Waals surface area contributed by atoms with Gasteiger partial charge in [-0.05, 0) is 94.3 Å². The van der Waals surface area contributed by atoms with Crippen LogP contribution in [0, 0.1) is 35.0 Å². The molecule has 3 aliphatic rings. The Bertz CT molecular complexity index is 656. The molecule has 0 aromatic heterocycles. The van der Waals surface area contributed by atoms with Crippen molar-refractivity contribution in [2.24, 2.45) is 35.0 Å². The average Bonchev–Trinajstić information content (AvgIpc) is 2.92. The molecule has 37 heavy (non-hydrogen) atoms. The minimum Gasteiger partial charge on any atom is -0.465 e. The van der Waals surface area contributed by atoms with Gasteiger partial charge in [-0.2, -0.15) is 0 Å². The molecule has 0 radical (unpaired) electrons. The highest BCUT2D eigenvalue weighted by Crippen LogP contribution is 2.47. The van der Waals surface area contributed by atoms with Gasteiger partial charge in [0.1, 0.15) is 11.2 Å². The highest BCUT2D eigenvalue weighted by molar-refractivity contribution is 6.04. The van der Waals surface area contributed by atoms with Gasteiger partial charge in [0.15, 0.2) is 0 Å². The smallest absolute Gasteiger partial charge is 0.319 e. The normalized spacial score (nSPS) is 32.8. The number of hydrogen-bond acceptors (Lipinski definition) is 3. The second kappa shape index (κ2) is 16.3. The predicted molar refractivity (Wildman–Crippen MR) is 154 cm³/mol. The molecule has 3 rings (SSSR count). The largest absolute Gasteiger partial charge is 0.465 e. The summed E-state index contributed by atoms with van der Waals surface area (Å²) >= 11 is 0. The first-order valence-electron chi connectivity index (χ1n) is 16.7. The maximum atomic E-state index is 13.2. The van der Waals surface area contributed by atoms with Crippen LogP contribution in [-0.2, 0) is 14.3 Å². The summed E-state index contributed by atoms with van der Waals surface area (Å²) < 4.78 is 5.58. The van der Waals surface area contributed by atoms with Crippen LogP contribution in [-0.4, -0.2) is 18.4 Å². The lowest BCUT2D eigenvalue weighted by Crippen LogP contribution is -2.44. The van der Waals surface area contributed by atoms with Crippen LogP contribution in [0.5, 0.6) is 0 Å². The minimum atomic E-state index is -0.897. The van der Waals surface area contributed by atoms with Gasteiger partial charge in [0.2, 0.25) is 0 Å². The fourth-order valence-corrected chi connectivity index (χ4v) is 7.90. The number of ether oxygens (including phenoxy) is 1. The minimum absolute atomic E-state index is 0.148. The molecular weight excluding hydrogens is 456 g/mol. The van der Waals surface area contributed by atoms with Crippen molar-refractivity contribution in [1.29, 1.82) is 0 Å². The molecule has 0 bridgehead atoms. The van der Waals surface area contributed by atoms with E-state index in [-0.39, 0.29) is 11.8 Å². The number of ketones is 1. The summed E-state index contributed by atoms with van der Waals surface area (Å²) in [6.07, 6.45) is 27.8. The Hall–Kier alpha value is -0.860. The molecule has 3 fully saturated rings. The summed E-state index contributed by atoms with van der Waals surface area (Å²) in [5.41, 5.74) is -0.897. The number of Topliss-reactive ketones (excluding diaryl/α,β-unsaturated/α-hetero) is 1. The van der Waals surface area contributed by atoms with E-state index in [1.54, 1.807) is 0 Å². The molecule has 0 spiro atoms. The lowest BCUT2D eigenvalue weighted by atomic mass is 9.62. The van der Waals surface area contributed by atoms with E-state index >= 15 is 0 Å². The van der Waals surface area contributed by atoms with E-state index in [1.807, 2.05) is 6.92 Å². The van der Waals surface area contributed by atoms with Gasteiger partial charge in [-0.1, -0.05) is 90.9 Å². The molecule has 0 aliphatic heterocycles. The third kappa shape index (κ3) is 9.38. The first kappa shape index (κ1) is 30.7. The molecule has 3 aliphatic carbocycles. The maximum absolute atomic E-state index is 13.2. The Morgan fingerprint density at radius 1 is 0.703 bits per heavy atom. The standard InChI is InChI=1S/C34H60O3/c1-4-6-8-10-12-14-27-15-17-28(18-16-27)29-19-21-30(22-20-29)31-23-24-34(3,32(35)26-31)33(36)37-25-13-11-9-7-5-2/h27-31H,4-26H2,1-3H3/t27?,28?,29?,30?,31?,34-/m0/s1. The Kier molecular flexibility index (Phi) is 13.5. The van der Waals surface area contributed by atoms with E-state index in [0.717, 1.165) is 37.0 Å². The summed E-state index contributed by atoms with van der Waals surface area (Å²) in [6.45, 7) is 6.83. The molecule has 0 aromatic rings. The van der Waals surface area contributed by atoms with Gasteiger partial charge in [0.05, 0.1) is 6.61 Å². The van der Waals surface area contributed by atoms with Crippen LogP contribution in [0.4, 0.5) is 0 Å². The third-order valence-electron chi connectivity index (χ3n) is 10.8. The molecule has 0 aromatic carbocycles. The van der Waals surface area contributed by atoms with Gasteiger partial charge in [0, 0.05) is 6.42 Å². The van der Waals surface area contributed by atoms with Crippen LogP contribution >= 0.6 is 0 Å². The zero-order valence-electron chi connectivity index (χ0n) is 24.9. The van der Waals surface area contributed by atoms with Gasteiger partial charge in [-0.25, -0.2) is 0 Å². The molecule has 3 heteroatoms. The topological polar surface area (TPSA) is 43.4 Å². The number of esters is 1. The molecular formula is C34H60O3.